The first-order chi connectivity index (χ1) is 9.83. The third-order valence-corrected chi connectivity index (χ3v) is 5.64. The lowest BCUT2D eigenvalue weighted by Gasteiger charge is -2.23. The van der Waals surface area contributed by atoms with Crippen LogP contribution in [0.4, 0.5) is 10.1 Å². The van der Waals surface area contributed by atoms with Crippen molar-refractivity contribution in [3.05, 3.63) is 21.4 Å². The van der Waals surface area contributed by atoms with Crippen LogP contribution in [-0.2, 0) is 19.5 Å². The van der Waals surface area contributed by atoms with E-state index in [9.17, 15) is 12.8 Å². The fourth-order valence-corrected chi connectivity index (χ4v) is 3.47. The van der Waals surface area contributed by atoms with E-state index >= 15 is 0 Å². The van der Waals surface area contributed by atoms with Gasteiger partial charge in [0, 0.05) is 6.54 Å². The Hall–Kier alpha value is -0.450. The van der Waals surface area contributed by atoms with E-state index in [1.165, 1.54) is 0 Å². The zero-order valence-electron chi connectivity index (χ0n) is 10.7. The molecule has 1 aliphatic heterocycles. The van der Waals surface area contributed by atoms with Gasteiger partial charge < -0.3 is 15.2 Å². The first-order valence-electron chi connectivity index (χ1n) is 5.95. The van der Waals surface area contributed by atoms with Crippen molar-refractivity contribution in [3.8, 4) is 0 Å². The Bertz CT molecular complexity index is 638. The van der Waals surface area contributed by atoms with Crippen LogP contribution in [0.25, 0.3) is 0 Å². The van der Waals surface area contributed by atoms with Crippen molar-refractivity contribution in [1.82, 2.24) is 4.72 Å². The molecular weight excluding hydrogens is 391 g/mol. The molecule has 1 atom stereocenters. The second kappa shape index (κ2) is 6.76. The molecule has 1 aromatic carbocycles. The summed E-state index contributed by atoms with van der Waals surface area (Å²) in [5.74, 6) is -1.06. The van der Waals surface area contributed by atoms with Gasteiger partial charge in [0.2, 0.25) is 10.0 Å². The lowest BCUT2D eigenvalue weighted by Crippen LogP contribution is -2.39. The zero-order valence-corrected chi connectivity index (χ0v) is 13.9. The van der Waals surface area contributed by atoms with E-state index in [0.717, 1.165) is 6.07 Å². The molecule has 1 aromatic rings. The Balaban J connectivity index is 2.19. The van der Waals surface area contributed by atoms with Crippen molar-refractivity contribution >= 4 is 43.2 Å². The topological polar surface area (TPSA) is 90.7 Å². The number of benzene rings is 1. The van der Waals surface area contributed by atoms with E-state index in [1.807, 2.05) is 0 Å². The molecule has 0 saturated carbocycles. The number of nitrogens with two attached hydrogens (primary N) is 1. The Morgan fingerprint density at radius 2 is 2.24 bits per heavy atom. The molecule has 0 radical (unpaired) electrons. The van der Waals surface area contributed by atoms with Crippen molar-refractivity contribution in [1.29, 1.82) is 0 Å². The van der Waals surface area contributed by atoms with Gasteiger partial charge in [0.15, 0.2) is 5.82 Å². The van der Waals surface area contributed by atoms with Crippen LogP contribution < -0.4 is 10.5 Å². The van der Waals surface area contributed by atoms with Gasteiger partial charge in [0.1, 0.15) is 4.90 Å². The molecule has 3 N–H and O–H groups in total. The highest BCUT2D eigenvalue weighted by atomic mass is 79.9. The van der Waals surface area contributed by atoms with Gasteiger partial charge in [0.25, 0.3) is 0 Å². The largest absolute Gasteiger partial charge is 0.395 e. The minimum Gasteiger partial charge on any atom is -0.395 e. The highest BCUT2D eigenvalue weighted by Gasteiger charge is 2.25. The molecule has 1 heterocycles. The summed E-state index contributed by atoms with van der Waals surface area (Å²) in [4.78, 5) is -0.607. The second-order valence-corrected chi connectivity index (χ2v) is 7.25. The predicted octanol–water partition coefficient (Wildman–Crippen LogP) is 1.52. The summed E-state index contributed by atoms with van der Waals surface area (Å²) in [6.45, 7) is 1.10. The Labute approximate surface area is 134 Å². The van der Waals surface area contributed by atoms with Crippen LogP contribution in [0.15, 0.2) is 15.4 Å². The predicted molar refractivity (Wildman–Crippen MR) is 79.3 cm³/mol. The molecule has 2 rings (SSSR count). The molecule has 21 heavy (non-hydrogen) atoms. The molecule has 1 fully saturated rings. The number of ether oxygens (including phenoxy) is 2. The van der Waals surface area contributed by atoms with E-state index in [4.69, 9.17) is 26.8 Å². The quantitative estimate of drug-likeness (QED) is 0.587. The van der Waals surface area contributed by atoms with Crippen molar-refractivity contribution in [2.45, 2.75) is 11.0 Å². The van der Waals surface area contributed by atoms with Gasteiger partial charge >= 0.3 is 0 Å². The molecule has 6 nitrogen and oxygen atoms in total. The van der Waals surface area contributed by atoms with Gasteiger partial charge in [-0.3, -0.25) is 0 Å². The summed E-state index contributed by atoms with van der Waals surface area (Å²) < 4.78 is 51.1. The Morgan fingerprint density at radius 1 is 1.52 bits per heavy atom. The first-order valence-corrected chi connectivity index (χ1v) is 8.60. The number of hydrogen-bond acceptors (Lipinski definition) is 5. The van der Waals surface area contributed by atoms with Crippen LogP contribution in [0.1, 0.15) is 0 Å². The summed E-state index contributed by atoms with van der Waals surface area (Å²) in [6, 6.07) is 0.998. The Kier molecular flexibility index (Phi) is 5.44. The number of nitrogen functional groups attached to an aromatic ring is 1. The molecule has 0 aliphatic carbocycles. The number of anilines is 1. The summed E-state index contributed by atoms with van der Waals surface area (Å²) in [5, 5.41) is 0.00604. The van der Waals surface area contributed by atoms with Gasteiger partial charge in [-0.05, 0) is 22.0 Å². The minimum absolute atomic E-state index is 0.00604. The first kappa shape index (κ1) is 16.9. The number of halogens is 3. The fraction of sp³-hybridized carbons (Fsp3) is 0.455. The van der Waals surface area contributed by atoms with Gasteiger partial charge in [-0.1, -0.05) is 11.6 Å². The minimum atomic E-state index is -4.10. The van der Waals surface area contributed by atoms with E-state index in [1.54, 1.807) is 0 Å². The third kappa shape index (κ3) is 3.85. The lowest BCUT2D eigenvalue weighted by atomic mass is 10.3. The molecule has 1 saturated heterocycles. The fourth-order valence-electron chi connectivity index (χ4n) is 1.73. The number of rotatable bonds is 4. The average Bonchev–Trinajstić information content (AvgIpc) is 2.48. The second-order valence-electron chi connectivity index (χ2n) is 4.32. The van der Waals surface area contributed by atoms with Gasteiger partial charge in [-0.2, -0.15) is 0 Å². The SMILES string of the molecule is Nc1c(F)c(S(=O)(=O)NCC2COCCO2)cc(Cl)c1Br. The summed E-state index contributed by atoms with van der Waals surface area (Å²) in [6.07, 6.45) is -0.417. The molecule has 10 heteroatoms. The van der Waals surface area contributed by atoms with Crippen LogP contribution in [0.5, 0.6) is 0 Å². The van der Waals surface area contributed by atoms with E-state index < -0.39 is 26.8 Å². The Morgan fingerprint density at radius 3 is 2.86 bits per heavy atom. The average molecular weight is 404 g/mol. The monoisotopic (exact) mass is 402 g/mol. The van der Waals surface area contributed by atoms with E-state index in [0.29, 0.717) is 13.2 Å². The van der Waals surface area contributed by atoms with Crippen LogP contribution >= 0.6 is 27.5 Å². The van der Waals surface area contributed by atoms with Crippen molar-refractivity contribution in [3.63, 3.8) is 0 Å². The molecular formula is C11H13BrClFN2O4S. The van der Waals surface area contributed by atoms with Gasteiger partial charge in [0.05, 0.1) is 41.1 Å². The lowest BCUT2D eigenvalue weighted by molar-refractivity contribution is -0.0847. The maximum absolute atomic E-state index is 14.0. The van der Waals surface area contributed by atoms with E-state index in [2.05, 4.69) is 20.7 Å². The van der Waals surface area contributed by atoms with Crippen LogP contribution in [-0.4, -0.2) is 40.9 Å². The van der Waals surface area contributed by atoms with Crippen molar-refractivity contribution in [2.24, 2.45) is 0 Å². The molecule has 0 bridgehead atoms. The number of hydrogen-bond donors (Lipinski definition) is 2. The zero-order chi connectivity index (χ0) is 15.6. The molecule has 0 aromatic heterocycles. The highest BCUT2D eigenvalue weighted by Crippen LogP contribution is 2.34. The van der Waals surface area contributed by atoms with Crippen LogP contribution in [0, 0.1) is 5.82 Å². The van der Waals surface area contributed by atoms with Crippen molar-refractivity contribution < 1.29 is 22.3 Å². The summed E-state index contributed by atoms with van der Waals surface area (Å²) >= 11 is 8.80. The van der Waals surface area contributed by atoms with Crippen LogP contribution in [0.2, 0.25) is 5.02 Å². The smallest absolute Gasteiger partial charge is 0.243 e. The van der Waals surface area contributed by atoms with Gasteiger partial charge in [-0.25, -0.2) is 17.5 Å². The normalized spacial score (nSPS) is 19.7. The molecule has 0 spiro atoms. The third-order valence-electron chi connectivity index (χ3n) is 2.83. The summed E-state index contributed by atoms with van der Waals surface area (Å²) in [7, 11) is -4.10. The molecule has 118 valence electrons. The van der Waals surface area contributed by atoms with E-state index in [-0.39, 0.29) is 28.3 Å². The molecule has 1 unspecified atom stereocenters. The molecule has 0 amide bonds. The highest BCUT2D eigenvalue weighted by molar-refractivity contribution is 9.10. The van der Waals surface area contributed by atoms with Crippen molar-refractivity contribution in [2.75, 3.05) is 32.1 Å². The maximum atomic E-state index is 14.0. The molecule has 1 aliphatic rings. The summed E-state index contributed by atoms with van der Waals surface area (Å²) in [5.41, 5.74) is 5.11. The number of sulfonamides is 1. The maximum Gasteiger partial charge on any atom is 0.243 e. The van der Waals surface area contributed by atoms with Gasteiger partial charge in [-0.15, -0.1) is 0 Å². The number of nitrogens with one attached hydrogen (secondary N) is 1. The standard InChI is InChI=1S/C11H13BrClFN2O4S/c12-9-7(13)3-8(10(14)11(9)15)21(17,18)16-4-6-5-19-1-2-20-6/h3,6,16H,1-2,4-5,15H2. The van der Waals surface area contributed by atoms with Crippen LogP contribution in [0.3, 0.4) is 0 Å².